The van der Waals surface area contributed by atoms with Gasteiger partial charge in [-0.1, -0.05) is 54.9 Å². The SMILES string of the molecule is CCNCC(=O)N(C)c1ccc(NC(=C2C(=O)Nc3cc(Cl)ccc32)c2ccccc2)cc1. The number of carbonyl (C=O) groups excluding carboxylic acids is 2. The van der Waals surface area contributed by atoms with E-state index in [0.717, 1.165) is 29.0 Å². The van der Waals surface area contributed by atoms with Gasteiger partial charge >= 0.3 is 0 Å². The number of carbonyl (C=O) groups is 2. The highest BCUT2D eigenvalue weighted by Gasteiger charge is 2.28. The molecule has 0 aromatic heterocycles. The summed E-state index contributed by atoms with van der Waals surface area (Å²) in [4.78, 5) is 26.9. The maximum atomic E-state index is 13.0. The van der Waals surface area contributed by atoms with Gasteiger partial charge in [-0.2, -0.15) is 0 Å². The van der Waals surface area contributed by atoms with Crippen LogP contribution < -0.4 is 20.9 Å². The van der Waals surface area contributed by atoms with Gasteiger partial charge in [0.1, 0.15) is 0 Å². The first-order valence-electron chi connectivity index (χ1n) is 10.7. The molecule has 168 valence electrons. The smallest absolute Gasteiger partial charge is 0.258 e. The van der Waals surface area contributed by atoms with Crippen molar-refractivity contribution in [2.75, 3.05) is 35.7 Å². The average molecular weight is 461 g/mol. The van der Waals surface area contributed by atoms with Gasteiger partial charge in [0, 0.05) is 29.0 Å². The molecule has 0 aliphatic carbocycles. The second-order valence-corrected chi connectivity index (χ2v) is 8.10. The normalized spacial score (nSPS) is 13.8. The maximum absolute atomic E-state index is 13.0. The van der Waals surface area contributed by atoms with Gasteiger partial charge in [0.05, 0.1) is 23.5 Å². The molecule has 1 aliphatic rings. The van der Waals surface area contributed by atoms with Crippen LogP contribution in [0.5, 0.6) is 0 Å². The lowest BCUT2D eigenvalue weighted by atomic mass is 10.00. The summed E-state index contributed by atoms with van der Waals surface area (Å²) < 4.78 is 0. The fourth-order valence-corrected chi connectivity index (χ4v) is 3.86. The Labute approximate surface area is 198 Å². The number of hydrogen-bond acceptors (Lipinski definition) is 4. The van der Waals surface area contributed by atoms with Crippen molar-refractivity contribution in [2.24, 2.45) is 0 Å². The van der Waals surface area contributed by atoms with Crippen LogP contribution in [0.3, 0.4) is 0 Å². The fourth-order valence-electron chi connectivity index (χ4n) is 3.68. The van der Waals surface area contributed by atoms with Crippen LogP contribution >= 0.6 is 11.6 Å². The summed E-state index contributed by atoms with van der Waals surface area (Å²) >= 11 is 6.12. The molecular formula is C26H25ClN4O2. The van der Waals surface area contributed by atoms with Crippen molar-refractivity contribution in [1.82, 2.24) is 5.32 Å². The lowest BCUT2D eigenvalue weighted by Crippen LogP contribution is -2.35. The van der Waals surface area contributed by atoms with E-state index in [0.29, 0.717) is 22.0 Å². The topological polar surface area (TPSA) is 73.5 Å². The van der Waals surface area contributed by atoms with E-state index in [1.807, 2.05) is 67.6 Å². The van der Waals surface area contributed by atoms with Crippen LogP contribution in [0.4, 0.5) is 17.1 Å². The zero-order chi connectivity index (χ0) is 23.4. The lowest BCUT2D eigenvalue weighted by molar-refractivity contribution is -0.117. The van der Waals surface area contributed by atoms with Crippen LogP contribution in [0.1, 0.15) is 18.1 Å². The average Bonchev–Trinajstić information content (AvgIpc) is 3.15. The number of benzene rings is 3. The van der Waals surface area contributed by atoms with Gasteiger partial charge in [-0.15, -0.1) is 0 Å². The van der Waals surface area contributed by atoms with E-state index in [-0.39, 0.29) is 18.4 Å². The zero-order valence-electron chi connectivity index (χ0n) is 18.5. The molecule has 2 amide bonds. The maximum Gasteiger partial charge on any atom is 0.258 e. The molecule has 3 N–H and O–H groups in total. The molecular weight excluding hydrogens is 436 g/mol. The Morgan fingerprint density at radius 1 is 1.03 bits per heavy atom. The van der Waals surface area contributed by atoms with Gasteiger partial charge in [0.25, 0.3) is 5.91 Å². The molecule has 1 aliphatic heterocycles. The minimum atomic E-state index is -0.191. The zero-order valence-corrected chi connectivity index (χ0v) is 19.2. The molecule has 0 unspecified atom stereocenters. The third-order valence-electron chi connectivity index (χ3n) is 5.46. The largest absolute Gasteiger partial charge is 0.354 e. The number of nitrogens with one attached hydrogen (secondary N) is 3. The van der Waals surface area contributed by atoms with Crippen LogP contribution in [-0.2, 0) is 9.59 Å². The predicted molar refractivity (Wildman–Crippen MR) is 135 cm³/mol. The van der Waals surface area contributed by atoms with Crippen molar-refractivity contribution < 1.29 is 9.59 Å². The van der Waals surface area contributed by atoms with Crippen molar-refractivity contribution in [3.05, 3.63) is 88.9 Å². The minimum absolute atomic E-state index is 0.0115. The van der Waals surface area contributed by atoms with Crippen LogP contribution in [0.25, 0.3) is 11.3 Å². The van der Waals surface area contributed by atoms with Gasteiger partial charge in [0.2, 0.25) is 5.91 Å². The van der Waals surface area contributed by atoms with Crippen LogP contribution in [0.15, 0.2) is 72.8 Å². The van der Waals surface area contributed by atoms with E-state index in [2.05, 4.69) is 16.0 Å². The summed E-state index contributed by atoms with van der Waals surface area (Å²) in [5.74, 6) is -0.202. The molecule has 0 bridgehead atoms. The first kappa shape index (κ1) is 22.6. The second-order valence-electron chi connectivity index (χ2n) is 7.67. The number of amides is 2. The summed E-state index contributed by atoms with van der Waals surface area (Å²) in [7, 11) is 1.75. The van der Waals surface area contributed by atoms with Crippen molar-refractivity contribution in [2.45, 2.75) is 6.92 Å². The second kappa shape index (κ2) is 9.90. The quantitative estimate of drug-likeness (QED) is 0.441. The summed E-state index contributed by atoms with van der Waals surface area (Å²) in [6.45, 7) is 2.99. The van der Waals surface area contributed by atoms with Gasteiger partial charge in [-0.05, 0) is 48.5 Å². The summed E-state index contributed by atoms with van der Waals surface area (Å²) in [5.41, 5.74) is 5.19. The van der Waals surface area contributed by atoms with Crippen molar-refractivity contribution in [1.29, 1.82) is 0 Å². The van der Waals surface area contributed by atoms with Crippen LogP contribution in [0.2, 0.25) is 5.02 Å². The Hall–Kier alpha value is -3.61. The molecule has 0 atom stereocenters. The van der Waals surface area contributed by atoms with E-state index < -0.39 is 0 Å². The highest BCUT2D eigenvalue weighted by Crippen LogP contribution is 2.38. The van der Waals surface area contributed by atoms with Gasteiger partial charge in [-0.3, -0.25) is 9.59 Å². The molecule has 0 saturated heterocycles. The highest BCUT2D eigenvalue weighted by atomic mass is 35.5. The summed E-state index contributed by atoms with van der Waals surface area (Å²) in [5, 5.41) is 9.94. The number of likely N-dealkylation sites (N-methyl/N-ethyl adjacent to an activating group) is 2. The molecule has 3 aromatic rings. The summed E-state index contributed by atoms with van der Waals surface area (Å²) in [6.07, 6.45) is 0. The number of anilines is 3. The van der Waals surface area contributed by atoms with E-state index in [9.17, 15) is 9.59 Å². The Kier molecular flexibility index (Phi) is 6.77. The number of halogens is 1. The van der Waals surface area contributed by atoms with Crippen molar-refractivity contribution >= 4 is 51.7 Å². The molecule has 0 radical (unpaired) electrons. The third kappa shape index (κ3) is 4.92. The number of hydrogen-bond donors (Lipinski definition) is 3. The molecule has 3 aromatic carbocycles. The van der Waals surface area contributed by atoms with Gasteiger partial charge < -0.3 is 20.9 Å². The number of rotatable bonds is 7. The molecule has 0 saturated carbocycles. The van der Waals surface area contributed by atoms with Crippen molar-refractivity contribution in [3.8, 4) is 0 Å². The summed E-state index contributed by atoms with van der Waals surface area (Å²) in [6, 6.07) is 22.6. The third-order valence-corrected chi connectivity index (χ3v) is 5.70. The Morgan fingerprint density at radius 3 is 2.45 bits per heavy atom. The first-order valence-corrected chi connectivity index (χ1v) is 11.1. The Bertz CT molecular complexity index is 1210. The molecule has 0 fully saturated rings. The van der Waals surface area contributed by atoms with E-state index >= 15 is 0 Å². The fraction of sp³-hybridized carbons (Fsp3) is 0.154. The van der Waals surface area contributed by atoms with E-state index in [4.69, 9.17) is 11.6 Å². The Balaban J connectivity index is 1.68. The van der Waals surface area contributed by atoms with Crippen LogP contribution in [0, 0.1) is 0 Å². The van der Waals surface area contributed by atoms with Gasteiger partial charge in [0.15, 0.2) is 0 Å². The monoisotopic (exact) mass is 460 g/mol. The van der Waals surface area contributed by atoms with E-state index in [1.165, 1.54) is 0 Å². The van der Waals surface area contributed by atoms with E-state index in [1.54, 1.807) is 24.1 Å². The number of fused-ring (bicyclic) bond motifs is 1. The molecule has 0 spiro atoms. The highest BCUT2D eigenvalue weighted by molar-refractivity contribution is 6.38. The van der Waals surface area contributed by atoms with Crippen molar-refractivity contribution in [3.63, 3.8) is 0 Å². The Morgan fingerprint density at radius 2 is 1.76 bits per heavy atom. The predicted octanol–water partition coefficient (Wildman–Crippen LogP) is 4.84. The molecule has 33 heavy (non-hydrogen) atoms. The molecule has 6 nitrogen and oxygen atoms in total. The standard InChI is InChI=1S/C26H25ClN4O2/c1-3-28-16-23(32)31(2)20-12-10-19(11-13-20)29-25(17-7-5-4-6-8-17)24-21-14-9-18(27)15-22(21)30-26(24)33/h4-15,28-29H,3,16H2,1-2H3,(H,30,33). The molecule has 7 heteroatoms. The van der Waals surface area contributed by atoms with Gasteiger partial charge in [-0.25, -0.2) is 0 Å². The number of nitrogens with zero attached hydrogens (tertiary/aromatic N) is 1. The first-order chi connectivity index (χ1) is 16.0. The molecule has 4 rings (SSSR count). The van der Waals surface area contributed by atoms with Crippen LogP contribution in [-0.4, -0.2) is 32.0 Å². The minimum Gasteiger partial charge on any atom is -0.354 e. The lowest BCUT2D eigenvalue weighted by Gasteiger charge is -2.19. The molecule has 1 heterocycles.